The molecule has 0 spiro atoms. The number of rotatable bonds is 6. The quantitative estimate of drug-likeness (QED) is 0.343. The largest absolute Gasteiger partial charge is 0.463 e. The van der Waals surface area contributed by atoms with Crippen molar-refractivity contribution in [1.82, 2.24) is 0 Å². The topological polar surface area (TPSA) is 26.3 Å². The van der Waals surface area contributed by atoms with E-state index in [0.717, 1.165) is 12.0 Å². The molecule has 2 nitrogen and oxygen atoms in total. The Hall–Kier alpha value is -1.31. The van der Waals surface area contributed by atoms with Crippen molar-refractivity contribution in [3.8, 4) is 0 Å². The number of ether oxygens (including phenoxy) is 1. The van der Waals surface area contributed by atoms with E-state index in [4.69, 9.17) is 0 Å². The summed E-state index contributed by atoms with van der Waals surface area (Å²) in [5, 5.41) is 0. The molecule has 0 aliphatic carbocycles. The van der Waals surface area contributed by atoms with Gasteiger partial charge in [0, 0.05) is 0 Å². The molecule has 12 heavy (non-hydrogen) atoms. The van der Waals surface area contributed by atoms with Crippen LogP contribution in [0.2, 0.25) is 0 Å². The van der Waals surface area contributed by atoms with Gasteiger partial charge in [-0.05, 0) is 18.9 Å². The number of allylic oxidation sites excluding steroid dienone is 4. The summed E-state index contributed by atoms with van der Waals surface area (Å²) in [5.41, 5.74) is 1.04. The molecule has 0 bridgehead atoms. The lowest BCUT2D eigenvalue weighted by Gasteiger charge is -2.00. The average Bonchev–Trinajstić information content (AvgIpc) is 2.10. The molecule has 0 saturated carbocycles. The molecule has 0 unspecified atom stereocenters. The monoisotopic (exact) mass is 166 g/mol. The molecule has 0 atom stereocenters. The van der Waals surface area contributed by atoms with Gasteiger partial charge in [-0.25, -0.2) is 0 Å². The first-order chi connectivity index (χ1) is 5.85. The van der Waals surface area contributed by atoms with Crippen molar-refractivity contribution in [3.05, 3.63) is 36.5 Å². The van der Waals surface area contributed by atoms with Crippen LogP contribution in [0.5, 0.6) is 0 Å². The van der Waals surface area contributed by atoms with Crippen LogP contribution in [-0.2, 0) is 9.53 Å². The van der Waals surface area contributed by atoms with Crippen LogP contribution in [0.25, 0.3) is 0 Å². The smallest absolute Gasteiger partial charge is 0.293 e. The van der Waals surface area contributed by atoms with Gasteiger partial charge in [-0.1, -0.05) is 30.9 Å². The third-order valence-corrected chi connectivity index (χ3v) is 1.31. The molecule has 0 radical (unpaired) electrons. The summed E-state index contributed by atoms with van der Waals surface area (Å²) in [5.74, 6) is 0. The minimum Gasteiger partial charge on any atom is -0.463 e. The van der Waals surface area contributed by atoms with Crippen molar-refractivity contribution in [2.45, 2.75) is 13.3 Å². The van der Waals surface area contributed by atoms with Gasteiger partial charge in [0.1, 0.15) is 6.61 Å². The van der Waals surface area contributed by atoms with E-state index >= 15 is 0 Å². The van der Waals surface area contributed by atoms with E-state index < -0.39 is 0 Å². The van der Waals surface area contributed by atoms with Crippen LogP contribution in [0.4, 0.5) is 0 Å². The number of carbonyl (C=O) groups excluding carboxylic acids is 1. The molecule has 66 valence electrons. The Morgan fingerprint density at radius 2 is 2.33 bits per heavy atom. The van der Waals surface area contributed by atoms with Gasteiger partial charge in [0.25, 0.3) is 6.47 Å². The molecule has 0 fully saturated rings. The van der Waals surface area contributed by atoms with Crippen molar-refractivity contribution in [2.75, 3.05) is 6.61 Å². The van der Waals surface area contributed by atoms with Gasteiger partial charge in [0.2, 0.25) is 0 Å². The second-order valence-electron chi connectivity index (χ2n) is 2.24. The van der Waals surface area contributed by atoms with Crippen LogP contribution in [0.1, 0.15) is 13.3 Å². The second kappa shape index (κ2) is 7.79. The highest BCUT2D eigenvalue weighted by Gasteiger charge is 1.92. The zero-order chi connectivity index (χ0) is 9.23. The van der Waals surface area contributed by atoms with Crippen LogP contribution in [-0.4, -0.2) is 13.1 Å². The van der Waals surface area contributed by atoms with E-state index in [2.05, 4.69) is 11.3 Å². The predicted octanol–water partition coefficient (Wildman–Crippen LogP) is 2.24. The molecule has 0 aliphatic heterocycles. The van der Waals surface area contributed by atoms with Crippen LogP contribution >= 0.6 is 0 Å². The highest BCUT2D eigenvalue weighted by atomic mass is 16.5. The molecule has 0 aromatic rings. The van der Waals surface area contributed by atoms with E-state index in [9.17, 15) is 4.79 Å². The second-order valence-corrected chi connectivity index (χ2v) is 2.24. The third kappa shape index (κ3) is 5.47. The summed E-state index contributed by atoms with van der Waals surface area (Å²) in [4.78, 5) is 9.89. The fraction of sp³-hybridized carbons (Fsp3) is 0.300. The molecule has 0 aliphatic rings. The Morgan fingerprint density at radius 1 is 1.58 bits per heavy atom. The van der Waals surface area contributed by atoms with Crippen molar-refractivity contribution in [3.63, 3.8) is 0 Å². The maximum atomic E-state index is 9.89. The summed E-state index contributed by atoms with van der Waals surface area (Å²) < 4.78 is 4.61. The lowest BCUT2D eigenvalue weighted by molar-refractivity contribution is -0.127. The first-order valence-corrected chi connectivity index (χ1v) is 3.82. The van der Waals surface area contributed by atoms with Crippen molar-refractivity contribution in [2.24, 2.45) is 0 Å². The van der Waals surface area contributed by atoms with E-state index in [0.29, 0.717) is 13.1 Å². The van der Waals surface area contributed by atoms with Gasteiger partial charge in [0.15, 0.2) is 0 Å². The van der Waals surface area contributed by atoms with E-state index in [1.54, 1.807) is 6.08 Å². The molecule has 0 heterocycles. The van der Waals surface area contributed by atoms with Crippen LogP contribution in [0, 0.1) is 0 Å². The summed E-state index contributed by atoms with van der Waals surface area (Å²) in [6.07, 6.45) is 8.30. The van der Waals surface area contributed by atoms with Crippen LogP contribution < -0.4 is 0 Å². The Kier molecular flexibility index (Phi) is 6.94. The Labute approximate surface area is 73.2 Å². The fourth-order valence-electron chi connectivity index (χ4n) is 0.752. The zero-order valence-corrected chi connectivity index (χ0v) is 7.32. The molecule has 0 saturated heterocycles. The highest BCUT2D eigenvalue weighted by molar-refractivity contribution is 5.37. The fourth-order valence-corrected chi connectivity index (χ4v) is 0.752. The first kappa shape index (κ1) is 10.7. The van der Waals surface area contributed by atoms with E-state index in [-0.39, 0.29) is 0 Å². The van der Waals surface area contributed by atoms with Gasteiger partial charge in [-0.15, -0.1) is 0 Å². The SMILES string of the molecule is C=C/C=C(\C/C=C\C)COC=O. The van der Waals surface area contributed by atoms with Crippen molar-refractivity contribution >= 4 is 6.47 Å². The lowest BCUT2D eigenvalue weighted by atomic mass is 10.2. The normalized spacial score (nSPS) is 11.6. The van der Waals surface area contributed by atoms with Gasteiger partial charge < -0.3 is 4.74 Å². The van der Waals surface area contributed by atoms with Gasteiger partial charge >= 0.3 is 0 Å². The van der Waals surface area contributed by atoms with Gasteiger partial charge in [-0.2, -0.15) is 0 Å². The Balaban J connectivity index is 3.94. The molecule has 0 aromatic heterocycles. The minimum atomic E-state index is 0.347. The molecular formula is C10H14O2. The summed E-state index contributed by atoms with van der Waals surface area (Å²) >= 11 is 0. The lowest BCUT2D eigenvalue weighted by Crippen LogP contribution is -1.95. The Morgan fingerprint density at radius 3 is 2.83 bits per heavy atom. The van der Waals surface area contributed by atoms with Crippen LogP contribution in [0.3, 0.4) is 0 Å². The molecule has 0 aromatic carbocycles. The van der Waals surface area contributed by atoms with Gasteiger partial charge in [-0.3, -0.25) is 4.79 Å². The van der Waals surface area contributed by atoms with E-state index in [1.807, 2.05) is 25.2 Å². The van der Waals surface area contributed by atoms with Crippen molar-refractivity contribution in [1.29, 1.82) is 0 Å². The molecule has 0 N–H and O–H groups in total. The first-order valence-electron chi connectivity index (χ1n) is 3.82. The van der Waals surface area contributed by atoms with Gasteiger partial charge in [0.05, 0.1) is 0 Å². The average molecular weight is 166 g/mol. The number of hydrogen-bond acceptors (Lipinski definition) is 2. The standard InChI is InChI=1S/C10H14O2/c1-3-5-7-10(6-4-2)8-12-9-11/h3-6,9H,2,7-8H2,1H3/b5-3-,10-6+. The summed E-state index contributed by atoms with van der Waals surface area (Å²) in [6.45, 7) is 6.32. The van der Waals surface area contributed by atoms with Crippen LogP contribution in [0.15, 0.2) is 36.5 Å². The molecule has 0 rings (SSSR count). The Bertz CT molecular complexity index is 190. The van der Waals surface area contributed by atoms with Crippen molar-refractivity contribution < 1.29 is 9.53 Å². The molecule has 2 heteroatoms. The summed E-state index contributed by atoms with van der Waals surface area (Å²) in [7, 11) is 0. The highest BCUT2D eigenvalue weighted by Crippen LogP contribution is 2.02. The van der Waals surface area contributed by atoms with E-state index in [1.165, 1.54) is 0 Å². The minimum absolute atomic E-state index is 0.347. The number of carbonyl (C=O) groups is 1. The maximum Gasteiger partial charge on any atom is 0.293 e. The molecular weight excluding hydrogens is 152 g/mol. The summed E-state index contributed by atoms with van der Waals surface area (Å²) in [6, 6.07) is 0. The predicted molar refractivity (Wildman–Crippen MR) is 49.7 cm³/mol. The maximum absolute atomic E-state index is 9.89. The third-order valence-electron chi connectivity index (χ3n) is 1.31. The molecule has 0 amide bonds. The number of hydrogen-bond donors (Lipinski definition) is 0. The zero-order valence-electron chi connectivity index (χ0n) is 7.32.